The van der Waals surface area contributed by atoms with Crippen molar-refractivity contribution in [3.05, 3.63) is 36.5 Å². The van der Waals surface area contributed by atoms with Crippen molar-refractivity contribution in [2.45, 2.75) is 190 Å². The number of carbonyl (C=O) groups is 1. The maximum Gasteiger partial charge on any atom is 0.220 e. The lowest BCUT2D eigenvalue weighted by Crippen LogP contribution is -2.65. The molecule has 14 nitrogen and oxygen atoms in total. The van der Waals surface area contributed by atoms with Crippen molar-refractivity contribution in [2.75, 3.05) is 19.8 Å². The fourth-order valence-electron chi connectivity index (χ4n) is 6.38. The molecule has 12 atom stereocenters. The number of amides is 1. The van der Waals surface area contributed by atoms with Crippen LogP contribution in [0.2, 0.25) is 0 Å². The highest BCUT2D eigenvalue weighted by atomic mass is 16.7. The number of allylic oxidation sites excluding steroid dienone is 5. The summed E-state index contributed by atoms with van der Waals surface area (Å²) in [5.41, 5.74) is 0. The van der Waals surface area contributed by atoms with Crippen molar-refractivity contribution in [3.63, 3.8) is 0 Å². The van der Waals surface area contributed by atoms with E-state index in [0.29, 0.717) is 12.8 Å². The Hall–Kier alpha value is -1.79. The molecule has 2 aliphatic rings. The molecule has 0 radical (unpaired) electrons. The van der Waals surface area contributed by atoms with E-state index in [-0.39, 0.29) is 18.9 Å². The summed E-state index contributed by atoms with van der Waals surface area (Å²) in [4.78, 5) is 12.9. The number of carbonyl (C=O) groups excluding carboxylic acids is 1. The lowest BCUT2D eigenvalue weighted by Gasteiger charge is -2.46. The SMILES string of the molecule is CCCCC/C=C/CC/C=C/CC/C=C/C(O)C(COC1OC(CO)C(OC2OC(CO)C(O)C(O)C2O)C(O)C1O)NC(=O)CCCCCCCCC. The molecule has 2 rings (SSSR count). The van der Waals surface area contributed by atoms with E-state index in [1.807, 2.05) is 6.08 Å². The predicted molar refractivity (Wildman–Crippen MR) is 203 cm³/mol. The first-order valence-corrected chi connectivity index (χ1v) is 20.2. The van der Waals surface area contributed by atoms with E-state index in [4.69, 9.17) is 18.9 Å². The number of aliphatic hydroxyl groups is 8. The molecule has 54 heavy (non-hydrogen) atoms. The van der Waals surface area contributed by atoms with Gasteiger partial charge in [0.25, 0.3) is 0 Å². The molecule has 0 spiro atoms. The zero-order valence-corrected chi connectivity index (χ0v) is 32.4. The van der Waals surface area contributed by atoms with Crippen molar-refractivity contribution in [1.29, 1.82) is 0 Å². The van der Waals surface area contributed by atoms with Gasteiger partial charge >= 0.3 is 0 Å². The fourth-order valence-corrected chi connectivity index (χ4v) is 6.38. The van der Waals surface area contributed by atoms with Crippen LogP contribution in [0.15, 0.2) is 36.5 Å². The van der Waals surface area contributed by atoms with Gasteiger partial charge in [0.1, 0.15) is 48.8 Å². The maximum atomic E-state index is 12.9. The van der Waals surface area contributed by atoms with Gasteiger partial charge in [-0.15, -0.1) is 0 Å². The zero-order chi connectivity index (χ0) is 39.7. The summed E-state index contributed by atoms with van der Waals surface area (Å²) >= 11 is 0. The Morgan fingerprint density at radius 3 is 1.81 bits per heavy atom. The van der Waals surface area contributed by atoms with Crippen LogP contribution in [-0.2, 0) is 23.7 Å². The van der Waals surface area contributed by atoms with Gasteiger partial charge in [0.15, 0.2) is 12.6 Å². The van der Waals surface area contributed by atoms with E-state index in [2.05, 4.69) is 43.5 Å². The molecule has 0 bridgehead atoms. The molecule has 2 aliphatic heterocycles. The summed E-state index contributed by atoms with van der Waals surface area (Å²) < 4.78 is 22.5. The zero-order valence-electron chi connectivity index (χ0n) is 32.4. The number of unbranched alkanes of at least 4 members (excludes halogenated alkanes) is 11. The highest BCUT2D eigenvalue weighted by molar-refractivity contribution is 5.76. The molecule has 9 N–H and O–H groups in total. The maximum absolute atomic E-state index is 12.9. The molecule has 2 saturated heterocycles. The van der Waals surface area contributed by atoms with E-state index < -0.39 is 86.8 Å². The van der Waals surface area contributed by atoms with Crippen molar-refractivity contribution in [3.8, 4) is 0 Å². The van der Waals surface area contributed by atoms with E-state index >= 15 is 0 Å². The summed E-state index contributed by atoms with van der Waals surface area (Å²) in [6, 6.07) is -0.929. The quantitative estimate of drug-likeness (QED) is 0.0412. The van der Waals surface area contributed by atoms with E-state index in [9.17, 15) is 45.6 Å². The second kappa shape index (κ2) is 28.6. The first-order valence-electron chi connectivity index (χ1n) is 20.2. The number of nitrogens with one attached hydrogen (secondary N) is 1. The Morgan fingerprint density at radius 1 is 0.648 bits per heavy atom. The first-order chi connectivity index (χ1) is 26.1. The summed E-state index contributed by atoms with van der Waals surface area (Å²) in [6.45, 7) is 2.62. The fraction of sp³-hybridized carbons (Fsp3) is 0.825. The van der Waals surface area contributed by atoms with Gasteiger partial charge in [0.2, 0.25) is 5.91 Å². The molecule has 12 unspecified atom stereocenters. The molecular weight excluding hydrogens is 702 g/mol. The van der Waals surface area contributed by atoms with Gasteiger partial charge in [-0.25, -0.2) is 0 Å². The molecule has 0 aromatic heterocycles. The Morgan fingerprint density at radius 2 is 1.19 bits per heavy atom. The Kier molecular flexibility index (Phi) is 25.6. The normalized spacial score (nSPS) is 30.4. The van der Waals surface area contributed by atoms with Crippen molar-refractivity contribution in [2.24, 2.45) is 0 Å². The smallest absolute Gasteiger partial charge is 0.220 e. The van der Waals surface area contributed by atoms with Gasteiger partial charge in [0.05, 0.1) is 32.0 Å². The summed E-state index contributed by atoms with van der Waals surface area (Å²) in [5, 5.41) is 86.0. The number of hydrogen-bond acceptors (Lipinski definition) is 13. The van der Waals surface area contributed by atoms with E-state index in [1.54, 1.807) is 6.08 Å². The van der Waals surface area contributed by atoms with Crippen molar-refractivity contribution >= 4 is 5.91 Å². The second-order valence-corrected chi connectivity index (χ2v) is 14.4. The van der Waals surface area contributed by atoms with Crippen LogP contribution in [0.3, 0.4) is 0 Å². The highest BCUT2D eigenvalue weighted by Gasteiger charge is 2.50. The topological polar surface area (TPSA) is 228 Å². The van der Waals surface area contributed by atoms with Gasteiger partial charge in [0, 0.05) is 6.42 Å². The van der Waals surface area contributed by atoms with Crippen LogP contribution in [0, 0.1) is 0 Å². The molecule has 1 amide bonds. The van der Waals surface area contributed by atoms with Gasteiger partial charge in [-0.05, 0) is 44.9 Å². The third-order valence-electron chi connectivity index (χ3n) is 9.81. The van der Waals surface area contributed by atoms with Crippen LogP contribution in [0.4, 0.5) is 0 Å². The number of ether oxygens (including phenoxy) is 4. The minimum absolute atomic E-state index is 0.265. The third-order valence-corrected chi connectivity index (χ3v) is 9.81. The lowest BCUT2D eigenvalue weighted by atomic mass is 9.97. The summed E-state index contributed by atoms with van der Waals surface area (Å²) in [6.07, 6.45) is 10.9. The van der Waals surface area contributed by atoms with Gasteiger partial charge in [-0.2, -0.15) is 0 Å². The van der Waals surface area contributed by atoms with Crippen LogP contribution in [0.5, 0.6) is 0 Å². The second-order valence-electron chi connectivity index (χ2n) is 14.4. The summed E-state index contributed by atoms with van der Waals surface area (Å²) in [7, 11) is 0. The molecule has 0 aromatic carbocycles. The molecule has 14 heteroatoms. The number of hydrogen-bond donors (Lipinski definition) is 9. The average Bonchev–Trinajstić information content (AvgIpc) is 3.17. The van der Waals surface area contributed by atoms with Crippen LogP contribution in [-0.4, -0.2) is 140 Å². The largest absolute Gasteiger partial charge is 0.394 e. The molecule has 0 saturated carbocycles. The molecule has 0 aromatic rings. The van der Waals surface area contributed by atoms with E-state index in [1.165, 1.54) is 32.1 Å². The van der Waals surface area contributed by atoms with Crippen LogP contribution < -0.4 is 5.32 Å². The lowest BCUT2D eigenvalue weighted by molar-refractivity contribution is -0.359. The van der Waals surface area contributed by atoms with Crippen LogP contribution in [0.1, 0.15) is 117 Å². The molecular formula is C40H71NO13. The van der Waals surface area contributed by atoms with Gasteiger partial charge in [-0.3, -0.25) is 4.79 Å². The van der Waals surface area contributed by atoms with Crippen LogP contribution >= 0.6 is 0 Å². The van der Waals surface area contributed by atoms with Gasteiger partial charge < -0.3 is 65.1 Å². The minimum Gasteiger partial charge on any atom is -0.394 e. The Labute approximate surface area is 321 Å². The molecule has 2 heterocycles. The summed E-state index contributed by atoms with van der Waals surface area (Å²) in [5.74, 6) is -0.265. The highest BCUT2D eigenvalue weighted by Crippen LogP contribution is 2.29. The first kappa shape index (κ1) is 48.4. The third kappa shape index (κ3) is 17.6. The molecule has 0 aliphatic carbocycles. The van der Waals surface area contributed by atoms with E-state index in [0.717, 1.165) is 51.4 Å². The van der Waals surface area contributed by atoms with Crippen molar-refractivity contribution < 1.29 is 64.6 Å². The molecule has 2 fully saturated rings. The monoisotopic (exact) mass is 773 g/mol. The molecule has 314 valence electrons. The number of aliphatic hydroxyl groups excluding tert-OH is 8. The standard InChI is InChI=1S/C40H71NO13/c1-3-5-7-9-11-12-13-14-15-16-18-19-21-23-29(44)28(41-32(45)24-22-20-17-10-8-6-4-2)27-51-39-37(50)35(48)38(31(26-43)53-39)54-40-36(49)34(47)33(46)30(25-42)52-40/h11-12,15-16,21,23,28-31,33-40,42-44,46-50H,3-10,13-14,17-20,22,24-27H2,1-2H3,(H,41,45)/b12-11+,16-15+,23-21+. The Bertz CT molecular complexity index is 1060. The average molecular weight is 774 g/mol. The Balaban J connectivity index is 1.98. The number of rotatable bonds is 28. The predicted octanol–water partition coefficient (Wildman–Crippen LogP) is 2.42. The van der Waals surface area contributed by atoms with Crippen molar-refractivity contribution in [1.82, 2.24) is 5.32 Å². The van der Waals surface area contributed by atoms with Gasteiger partial charge in [-0.1, -0.05) is 102 Å². The van der Waals surface area contributed by atoms with Crippen LogP contribution in [0.25, 0.3) is 0 Å². The minimum atomic E-state index is -1.79.